The van der Waals surface area contributed by atoms with Crippen LogP contribution in [0.15, 0.2) is 24.3 Å². The van der Waals surface area contributed by atoms with E-state index in [2.05, 4.69) is 16.7 Å². The van der Waals surface area contributed by atoms with Crippen molar-refractivity contribution in [1.82, 2.24) is 15.5 Å². The highest BCUT2D eigenvalue weighted by atomic mass is 16.6. The zero-order valence-corrected chi connectivity index (χ0v) is 21.1. The number of amides is 3. The van der Waals surface area contributed by atoms with E-state index in [9.17, 15) is 24.3 Å². The number of nitrogens with zero attached hydrogens (tertiary/aromatic N) is 1. The summed E-state index contributed by atoms with van der Waals surface area (Å²) in [7, 11) is 0. The van der Waals surface area contributed by atoms with Gasteiger partial charge < -0.3 is 25.2 Å². The molecule has 0 heterocycles. The SMILES string of the molecule is C#CN(C(=O)C(NC(=O)OC(C)(C)C)C(C)C)C(C(=O)NCCC(=O)OCC)c1ccc(O)cc1. The number of hydrogen-bond donors (Lipinski definition) is 3. The van der Waals surface area contributed by atoms with E-state index in [0.717, 1.165) is 4.90 Å². The van der Waals surface area contributed by atoms with Crippen molar-refractivity contribution >= 4 is 23.9 Å². The van der Waals surface area contributed by atoms with Crippen LogP contribution in [0.25, 0.3) is 0 Å². The van der Waals surface area contributed by atoms with Gasteiger partial charge in [-0.25, -0.2) is 4.79 Å². The van der Waals surface area contributed by atoms with E-state index < -0.39 is 47.5 Å². The molecule has 0 aliphatic rings. The first-order chi connectivity index (χ1) is 16.3. The maximum Gasteiger partial charge on any atom is 0.408 e. The molecule has 10 nitrogen and oxygen atoms in total. The van der Waals surface area contributed by atoms with E-state index >= 15 is 0 Å². The number of carbonyl (C=O) groups is 4. The Balaban J connectivity index is 3.23. The van der Waals surface area contributed by atoms with Gasteiger partial charge >= 0.3 is 12.1 Å². The van der Waals surface area contributed by atoms with Gasteiger partial charge in [-0.2, -0.15) is 0 Å². The van der Waals surface area contributed by atoms with Gasteiger partial charge in [-0.3, -0.25) is 19.3 Å². The van der Waals surface area contributed by atoms with Crippen molar-refractivity contribution in [3.8, 4) is 18.2 Å². The standard InChI is InChI=1S/C25H35N3O7/c1-8-28(23(32)20(16(3)4)27-24(33)35-25(5,6)7)21(17-10-12-18(29)13-11-17)22(31)26-15-14-19(30)34-9-2/h1,10-13,16,20-21,29H,9,14-15H2,2-7H3,(H,26,31)(H,27,33). The number of rotatable bonds is 10. The van der Waals surface area contributed by atoms with Crippen LogP contribution in [0.1, 0.15) is 59.6 Å². The summed E-state index contributed by atoms with van der Waals surface area (Å²) < 4.78 is 10.1. The number of hydrogen-bond acceptors (Lipinski definition) is 7. The van der Waals surface area contributed by atoms with Gasteiger partial charge in [0.25, 0.3) is 5.91 Å². The second-order valence-corrected chi connectivity index (χ2v) is 9.05. The van der Waals surface area contributed by atoms with Gasteiger partial charge in [0.05, 0.1) is 13.0 Å². The molecule has 2 unspecified atom stereocenters. The third-order valence-electron chi connectivity index (χ3n) is 4.63. The van der Waals surface area contributed by atoms with Gasteiger partial charge in [0.2, 0.25) is 5.91 Å². The molecule has 0 fully saturated rings. The molecule has 3 amide bonds. The molecule has 0 aromatic heterocycles. The minimum absolute atomic E-state index is 0.0391. The molecule has 192 valence electrons. The van der Waals surface area contributed by atoms with E-state index in [-0.39, 0.29) is 25.3 Å². The Hall–Kier alpha value is -3.74. The summed E-state index contributed by atoms with van der Waals surface area (Å²) in [6, 6.07) is 5.48. The van der Waals surface area contributed by atoms with E-state index in [1.807, 2.05) is 0 Å². The minimum Gasteiger partial charge on any atom is -0.508 e. The fraction of sp³-hybridized carbons (Fsp3) is 0.520. The van der Waals surface area contributed by atoms with Crippen LogP contribution in [0.4, 0.5) is 4.79 Å². The normalized spacial score (nSPS) is 12.6. The third kappa shape index (κ3) is 9.57. The first kappa shape index (κ1) is 29.3. The summed E-state index contributed by atoms with van der Waals surface area (Å²) in [5.74, 6) is -2.27. The Morgan fingerprint density at radius 1 is 1.14 bits per heavy atom. The molecule has 0 spiro atoms. The Morgan fingerprint density at radius 2 is 1.74 bits per heavy atom. The predicted molar refractivity (Wildman–Crippen MR) is 129 cm³/mol. The lowest BCUT2D eigenvalue weighted by atomic mass is 9.99. The molecule has 35 heavy (non-hydrogen) atoms. The molecule has 0 aliphatic carbocycles. The molecule has 0 aliphatic heterocycles. The Labute approximate surface area is 206 Å². The van der Waals surface area contributed by atoms with Crippen molar-refractivity contribution in [2.24, 2.45) is 5.92 Å². The van der Waals surface area contributed by atoms with Crippen molar-refractivity contribution in [3.05, 3.63) is 29.8 Å². The molecule has 0 radical (unpaired) electrons. The molecule has 1 aromatic rings. The van der Waals surface area contributed by atoms with Crippen LogP contribution in [-0.2, 0) is 23.9 Å². The van der Waals surface area contributed by atoms with Gasteiger partial charge in [-0.05, 0) is 51.3 Å². The molecule has 3 N–H and O–H groups in total. The predicted octanol–water partition coefficient (Wildman–Crippen LogP) is 2.47. The van der Waals surface area contributed by atoms with E-state index in [1.165, 1.54) is 24.3 Å². The lowest BCUT2D eigenvalue weighted by Crippen LogP contribution is -2.53. The topological polar surface area (TPSA) is 134 Å². The first-order valence-electron chi connectivity index (χ1n) is 11.3. The molecule has 1 rings (SSSR count). The minimum atomic E-state index is -1.29. The number of benzene rings is 1. The number of ether oxygens (including phenoxy) is 2. The highest BCUT2D eigenvalue weighted by Crippen LogP contribution is 2.25. The van der Waals surface area contributed by atoms with Crippen LogP contribution >= 0.6 is 0 Å². The Bertz CT molecular complexity index is 930. The lowest BCUT2D eigenvalue weighted by molar-refractivity contribution is -0.143. The van der Waals surface area contributed by atoms with E-state index in [4.69, 9.17) is 15.9 Å². The van der Waals surface area contributed by atoms with Crippen LogP contribution in [0.3, 0.4) is 0 Å². The number of alkyl carbamates (subject to hydrolysis) is 1. The highest BCUT2D eigenvalue weighted by molar-refractivity contribution is 5.93. The maximum atomic E-state index is 13.5. The van der Waals surface area contributed by atoms with E-state index in [0.29, 0.717) is 5.56 Å². The van der Waals surface area contributed by atoms with Crippen LogP contribution in [0.2, 0.25) is 0 Å². The second-order valence-electron chi connectivity index (χ2n) is 9.05. The number of terminal acetylenes is 1. The number of phenols is 1. The summed E-state index contributed by atoms with van der Waals surface area (Å²) >= 11 is 0. The van der Waals surface area contributed by atoms with Crippen LogP contribution in [0.5, 0.6) is 5.75 Å². The molecule has 2 atom stereocenters. The molecular weight excluding hydrogens is 454 g/mol. The van der Waals surface area contributed by atoms with Crippen LogP contribution < -0.4 is 10.6 Å². The number of phenolic OH excluding ortho intramolecular Hbond substituents is 1. The monoisotopic (exact) mass is 489 g/mol. The smallest absolute Gasteiger partial charge is 0.408 e. The van der Waals surface area contributed by atoms with Crippen molar-refractivity contribution in [1.29, 1.82) is 0 Å². The zero-order valence-electron chi connectivity index (χ0n) is 21.1. The summed E-state index contributed by atoms with van der Waals surface area (Å²) in [5.41, 5.74) is -0.462. The fourth-order valence-corrected chi connectivity index (χ4v) is 3.06. The van der Waals surface area contributed by atoms with Crippen molar-refractivity contribution < 1.29 is 33.8 Å². The fourth-order valence-electron chi connectivity index (χ4n) is 3.06. The number of carbonyl (C=O) groups excluding carboxylic acids is 4. The average Bonchev–Trinajstić information content (AvgIpc) is 2.74. The second kappa shape index (κ2) is 13.2. The molecule has 0 bridgehead atoms. The van der Waals surface area contributed by atoms with Gasteiger partial charge in [0, 0.05) is 12.6 Å². The van der Waals surface area contributed by atoms with Gasteiger partial charge in [-0.15, -0.1) is 0 Å². The van der Waals surface area contributed by atoms with Crippen LogP contribution in [-0.4, -0.2) is 58.7 Å². The molecule has 1 aromatic carbocycles. The summed E-state index contributed by atoms with van der Waals surface area (Å²) in [6.45, 7) is 10.3. The molecular formula is C25H35N3O7. The maximum absolute atomic E-state index is 13.5. The van der Waals surface area contributed by atoms with Crippen LogP contribution in [0, 0.1) is 18.4 Å². The number of esters is 1. The Kier molecular flexibility index (Phi) is 11.1. The van der Waals surface area contributed by atoms with Gasteiger partial charge in [-0.1, -0.05) is 32.4 Å². The Morgan fingerprint density at radius 3 is 2.23 bits per heavy atom. The summed E-state index contributed by atoms with van der Waals surface area (Å²) in [5, 5.41) is 14.8. The highest BCUT2D eigenvalue weighted by Gasteiger charge is 2.37. The number of aromatic hydroxyl groups is 1. The lowest BCUT2D eigenvalue weighted by Gasteiger charge is -2.31. The quantitative estimate of drug-likeness (QED) is 0.261. The summed E-state index contributed by atoms with van der Waals surface area (Å²) in [4.78, 5) is 51.5. The van der Waals surface area contributed by atoms with Crippen molar-refractivity contribution in [2.75, 3.05) is 13.2 Å². The van der Waals surface area contributed by atoms with Crippen molar-refractivity contribution in [3.63, 3.8) is 0 Å². The summed E-state index contributed by atoms with van der Waals surface area (Å²) in [6.07, 6.45) is 4.80. The third-order valence-corrected chi connectivity index (χ3v) is 4.63. The molecule has 0 saturated heterocycles. The first-order valence-corrected chi connectivity index (χ1v) is 11.3. The van der Waals surface area contributed by atoms with E-state index in [1.54, 1.807) is 41.5 Å². The zero-order chi connectivity index (χ0) is 26.8. The van der Waals surface area contributed by atoms with Gasteiger partial charge in [0.15, 0.2) is 0 Å². The molecule has 10 heteroatoms. The molecule has 0 saturated carbocycles. The average molecular weight is 490 g/mol. The largest absolute Gasteiger partial charge is 0.508 e. The van der Waals surface area contributed by atoms with Crippen molar-refractivity contribution in [2.45, 2.75) is 65.6 Å². The van der Waals surface area contributed by atoms with Gasteiger partial charge in [0.1, 0.15) is 23.4 Å². The number of nitrogens with one attached hydrogen (secondary N) is 2.